The predicted octanol–water partition coefficient (Wildman–Crippen LogP) is 2.38. The van der Waals surface area contributed by atoms with Gasteiger partial charge >= 0.3 is 5.69 Å². The molecule has 2 aromatic heterocycles. The molecule has 0 spiro atoms. The summed E-state index contributed by atoms with van der Waals surface area (Å²) in [7, 11) is 0. The average molecular weight is 438 g/mol. The average Bonchev–Trinajstić information content (AvgIpc) is 2.59. The van der Waals surface area contributed by atoms with Gasteiger partial charge in [0.1, 0.15) is 5.82 Å². The van der Waals surface area contributed by atoms with Gasteiger partial charge in [-0.15, -0.1) is 0 Å². The Labute approximate surface area is 165 Å². The first-order valence-electron chi connectivity index (χ1n) is 8.81. The van der Waals surface area contributed by atoms with Crippen LogP contribution in [0.1, 0.15) is 44.0 Å². The van der Waals surface area contributed by atoms with Crippen molar-refractivity contribution in [2.24, 2.45) is 5.92 Å². The van der Waals surface area contributed by atoms with Crippen LogP contribution >= 0.6 is 15.9 Å². The second-order valence-corrected chi connectivity index (χ2v) is 7.62. The molecule has 0 aliphatic rings. The zero-order valence-corrected chi connectivity index (χ0v) is 17.2. The number of anilines is 2. The van der Waals surface area contributed by atoms with Crippen LogP contribution in [0.25, 0.3) is 0 Å². The third-order valence-electron chi connectivity index (χ3n) is 3.96. The number of carbonyl (C=O) groups is 1. The number of hydrogen-bond donors (Lipinski definition) is 2. The lowest BCUT2D eigenvalue weighted by Crippen LogP contribution is -2.42. The maximum Gasteiger partial charge on any atom is 0.330 e. The number of nitrogens with zero attached hydrogens (tertiary/aromatic N) is 3. The highest BCUT2D eigenvalue weighted by atomic mass is 79.9. The minimum absolute atomic E-state index is 0.00541. The molecule has 0 saturated heterocycles. The van der Waals surface area contributed by atoms with E-state index in [9.17, 15) is 14.4 Å². The van der Waals surface area contributed by atoms with E-state index in [0.717, 1.165) is 12.8 Å². The van der Waals surface area contributed by atoms with E-state index < -0.39 is 17.2 Å². The molecule has 1 amide bonds. The lowest BCUT2D eigenvalue weighted by Gasteiger charge is -2.26. The van der Waals surface area contributed by atoms with Gasteiger partial charge in [0.05, 0.1) is 5.56 Å². The zero-order valence-electron chi connectivity index (χ0n) is 15.7. The number of amides is 1. The van der Waals surface area contributed by atoms with Gasteiger partial charge < -0.3 is 10.6 Å². The van der Waals surface area contributed by atoms with Crippen LogP contribution in [0.15, 0.2) is 32.5 Å². The number of H-pyrrole nitrogens is 1. The number of nitrogen functional groups attached to an aromatic ring is 1. The number of carbonyl (C=O) groups excluding carboxylic acids is 1. The molecule has 8 nitrogen and oxygen atoms in total. The molecule has 0 aromatic carbocycles. The first-order valence-corrected chi connectivity index (χ1v) is 9.60. The van der Waals surface area contributed by atoms with Gasteiger partial charge in [0.2, 0.25) is 0 Å². The molecule has 2 rings (SSSR count). The van der Waals surface area contributed by atoms with E-state index >= 15 is 0 Å². The fraction of sp³-hybridized carbons (Fsp3) is 0.444. The van der Waals surface area contributed by atoms with Gasteiger partial charge in [-0.1, -0.05) is 27.2 Å². The maximum atomic E-state index is 13.1. The summed E-state index contributed by atoms with van der Waals surface area (Å²) in [4.78, 5) is 45.4. The highest BCUT2D eigenvalue weighted by molar-refractivity contribution is 9.10. The van der Waals surface area contributed by atoms with E-state index in [2.05, 4.69) is 25.9 Å². The summed E-state index contributed by atoms with van der Waals surface area (Å²) in [5, 5.41) is 0. The SMILES string of the molecule is CCCCn1c(N)c(N(CC(C)C)C(=O)c2cncc(Br)c2)c(=O)[nH]c1=O. The Bertz CT molecular complexity index is 935. The molecule has 146 valence electrons. The Morgan fingerprint density at radius 1 is 1.37 bits per heavy atom. The fourth-order valence-electron chi connectivity index (χ4n) is 2.70. The number of aromatic nitrogens is 3. The second-order valence-electron chi connectivity index (χ2n) is 6.70. The number of nitrogens with one attached hydrogen (secondary N) is 1. The maximum absolute atomic E-state index is 13.1. The second kappa shape index (κ2) is 8.98. The van der Waals surface area contributed by atoms with E-state index in [4.69, 9.17) is 5.73 Å². The van der Waals surface area contributed by atoms with Crippen molar-refractivity contribution in [2.75, 3.05) is 17.2 Å². The Morgan fingerprint density at radius 2 is 2.07 bits per heavy atom. The van der Waals surface area contributed by atoms with E-state index in [1.807, 2.05) is 20.8 Å². The van der Waals surface area contributed by atoms with Crippen molar-refractivity contribution >= 4 is 33.3 Å². The highest BCUT2D eigenvalue weighted by Gasteiger charge is 2.26. The van der Waals surface area contributed by atoms with Gasteiger partial charge in [0, 0.05) is 30.0 Å². The van der Waals surface area contributed by atoms with Crippen molar-refractivity contribution in [1.82, 2.24) is 14.5 Å². The summed E-state index contributed by atoms with van der Waals surface area (Å²) in [5.41, 5.74) is 5.23. The molecule has 9 heteroatoms. The Morgan fingerprint density at radius 3 is 2.67 bits per heavy atom. The van der Waals surface area contributed by atoms with E-state index in [-0.39, 0.29) is 24.0 Å². The predicted molar refractivity (Wildman–Crippen MR) is 109 cm³/mol. The Hall–Kier alpha value is -2.42. The van der Waals surface area contributed by atoms with Crippen LogP contribution in [0.3, 0.4) is 0 Å². The quantitative estimate of drug-likeness (QED) is 0.689. The van der Waals surface area contributed by atoms with Gasteiger partial charge in [-0.25, -0.2) is 4.79 Å². The van der Waals surface area contributed by atoms with Crippen LogP contribution in [0.4, 0.5) is 11.5 Å². The van der Waals surface area contributed by atoms with Crippen molar-refractivity contribution < 1.29 is 4.79 Å². The highest BCUT2D eigenvalue weighted by Crippen LogP contribution is 2.22. The molecule has 27 heavy (non-hydrogen) atoms. The van der Waals surface area contributed by atoms with Crippen LogP contribution < -0.4 is 21.9 Å². The molecule has 0 bridgehead atoms. The van der Waals surface area contributed by atoms with Crippen LogP contribution in [-0.2, 0) is 6.54 Å². The summed E-state index contributed by atoms with van der Waals surface area (Å²) in [6, 6.07) is 1.63. The molecular formula is C18H24BrN5O3. The van der Waals surface area contributed by atoms with Gasteiger partial charge in [-0.05, 0) is 34.3 Å². The molecule has 2 heterocycles. The van der Waals surface area contributed by atoms with Crippen molar-refractivity contribution in [2.45, 2.75) is 40.2 Å². The molecular weight excluding hydrogens is 414 g/mol. The first-order chi connectivity index (χ1) is 12.8. The lowest BCUT2D eigenvalue weighted by molar-refractivity contribution is 0.0983. The third kappa shape index (κ3) is 4.85. The summed E-state index contributed by atoms with van der Waals surface area (Å²) in [6.07, 6.45) is 4.58. The first kappa shape index (κ1) is 20.9. The minimum atomic E-state index is -0.679. The van der Waals surface area contributed by atoms with Crippen molar-refractivity contribution in [3.63, 3.8) is 0 Å². The van der Waals surface area contributed by atoms with Gasteiger partial charge in [0.25, 0.3) is 11.5 Å². The molecule has 0 fully saturated rings. The molecule has 0 atom stereocenters. The summed E-state index contributed by atoms with van der Waals surface area (Å²) in [6.45, 7) is 6.48. The molecule has 0 radical (unpaired) electrons. The van der Waals surface area contributed by atoms with E-state index in [1.54, 1.807) is 12.3 Å². The summed E-state index contributed by atoms with van der Waals surface area (Å²) >= 11 is 3.29. The van der Waals surface area contributed by atoms with Crippen LogP contribution in [-0.4, -0.2) is 27.0 Å². The number of rotatable bonds is 7. The topological polar surface area (TPSA) is 114 Å². The van der Waals surface area contributed by atoms with Crippen molar-refractivity contribution in [3.05, 3.63) is 49.3 Å². The number of nitrogens with two attached hydrogens (primary N) is 1. The van der Waals surface area contributed by atoms with Crippen LogP contribution in [0, 0.1) is 5.92 Å². The third-order valence-corrected chi connectivity index (χ3v) is 4.40. The lowest BCUT2D eigenvalue weighted by atomic mass is 10.1. The van der Waals surface area contributed by atoms with Crippen molar-refractivity contribution in [3.8, 4) is 0 Å². The largest absolute Gasteiger partial charge is 0.383 e. The monoisotopic (exact) mass is 437 g/mol. The molecule has 0 saturated carbocycles. The molecule has 0 aliphatic carbocycles. The number of pyridine rings is 1. The number of halogens is 1. The number of hydrogen-bond acceptors (Lipinski definition) is 5. The van der Waals surface area contributed by atoms with Gasteiger partial charge in [-0.3, -0.25) is 24.1 Å². The molecule has 0 unspecified atom stereocenters. The van der Waals surface area contributed by atoms with Gasteiger partial charge in [0.15, 0.2) is 5.69 Å². The summed E-state index contributed by atoms with van der Waals surface area (Å²) in [5.74, 6) is -0.339. The normalized spacial score (nSPS) is 11.0. The number of aromatic amines is 1. The smallest absolute Gasteiger partial charge is 0.330 e. The molecule has 0 aliphatic heterocycles. The van der Waals surface area contributed by atoms with Crippen molar-refractivity contribution in [1.29, 1.82) is 0 Å². The minimum Gasteiger partial charge on any atom is -0.383 e. The summed E-state index contributed by atoms with van der Waals surface area (Å²) < 4.78 is 1.95. The zero-order chi connectivity index (χ0) is 20.1. The Balaban J connectivity index is 2.61. The molecule has 2 aromatic rings. The van der Waals surface area contributed by atoms with Crippen LogP contribution in [0.5, 0.6) is 0 Å². The van der Waals surface area contributed by atoms with Gasteiger partial charge in [-0.2, -0.15) is 0 Å². The van der Waals surface area contributed by atoms with E-state index in [0.29, 0.717) is 16.6 Å². The molecule has 3 N–H and O–H groups in total. The van der Waals surface area contributed by atoms with E-state index in [1.165, 1.54) is 15.7 Å². The standard InChI is InChI=1S/C18H24BrN5O3/c1-4-5-6-23-15(20)14(16(25)22-18(23)27)24(10-11(2)3)17(26)12-7-13(19)9-21-8-12/h7-9,11H,4-6,10,20H2,1-3H3,(H,22,25,27). The Kier molecular flexibility index (Phi) is 6.95. The number of unbranched alkanes of at least 4 members (excludes halogenated alkanes) is 1. The fourth-order valence-corrected chi connectivity index (χ4v) is 3.07. The van der Waals surface area contributed by atoms with Crippen LogP contribution in [0.2, 0.25) is 0 Å².